The van der Waals surface area contributed by atoms with Crippen LogP contribution in [0.2, 0.25) is 5.02 Å². The van der Waals surface area contributed by atoms with E-state index in [1.807, 2.05) is 0 Å². The summed E-state index contributed by atoms with van der Waals surface area (Å²) >= 11 is 15.3. The molecule has 0 atom stereocenters. The van der Waals surface area contributed by atoms with Crippen molar-refractivity contribution in [3.05, 3.63) is 29.3 Å². The van der Waals surface area contributed by atoms with Gasteiger partial charge in [0.05, 0.1) is 0 Å². The molecule has 0 heterocycles. The molecule has 0 saturated carbocycles. The van der Waals surface area contributed by atoms with E-state index in [9.17, 15) is 4.79 Å². The molecule has 13 heavy (non-hydrogen) atoms. The van der Waals surface area contributed by atoms with Crippen molar-refractivity contribution in [2.45, 2.75) is 0 Å². The van der Waals surface area contributed by atoms with Crippen molar-refractivity contribution in [3.63, 3.8) is 0 Å². The third kappa shape index (κ3) is 3.30. The van der Waals surface area contributed by atoms with Gasteiger partial charge in [0.2, 0.25) is 0 Å². The number of carbonyl (C=O) groups is 1. The van der Waals surface area contributed by atoms with Crippen LogP contribution in [0.15, 0.2) is 24.3 Å². The molecule has 0 spiro atoms. The van der Waals surface area contributed by atoms with Gasteiger partial charge in [-0.1, -0.05) is 11.6 Å². The lowest BCUT2D eigenvalue weighted by Gasteiger charge is -2.02. The highest BCUT2D eigenvalue weighted by molar-refractivity contribution is 7.82. The first kappa shape index (κ1) is 10.4. The molecule has 68 valence electrons. The molecular formula is C8H4Cl2O2S. The molecule has 0 aliphatic heterocycles. The zero-order valence-corrected chi connectivity index (χ0v) is 8.62. The van der Waals surface area contributed by atoms with Crippen molar-refractivity contribution in [2.75, 3.05) is 0 Å². The summed E-state index contributed by atoms with van der Waals surface area (Å²) < 4.78 is 4.92. The lowest BCUT2D eigenvalue weighted by molar-refractivity contribution is -0.106. The molecule has 2 nitrogen and oxygen atoms in total. The number of carbonyl (C=O) groups excluding carboxylic acids is 1. The summed E-state index contributed by atoms with van der Waals surface area (Å²) in [6.45, 7) is 0. The van der Waals surface area contributed by atoms with Crippen LogP contribution in [0.4, 0.5) is 0 Å². The minimum Gasteiger partial charge on any atom is -0.441 e. The summed E-state index contributed by atoms with van der Waals surface area (Å²) in [5.41, 5.74) is 0. The summed E-state index contributed by atoms with van der Waals surface area (Å²) in [6.07, 6.45) is 0. The molecule has 1 aromatic rings. The van der Waals surface area contributed by atoms with Gasteiger partial charge in [0.25, 0.3) is 10.3 Å². The molecule has 1 rings (SSSR count). The average molecular weight is 235 g/mol. The monoisotopic (exact) mass is 234 g/mol. The molecule has 0 amide bonds. The van der Waals surface area contributed by atoms with Crippen molar-refractivity contribution >= 4 is 45.7 Å². The van der Waals surface area contributed by atoms with Crippen LogP contribution in [0, 0.1) is 0 Å². The lowest BCUT2D eigenvalue weighted by atomic mass is 10.3. The fraction of sp³-hybridized carbons (Fsp3) is 0. The van der Waals surface area contributed by atoms with Gasteiger partial charge in [-0.05, 0) is 48.1 Å². The molecule has 5 heteroatoms. The number of benzene rings is 1. The van der Waals surface area contributed by atoms with Crippen LogP contribution >= 0.6 is 35.4 Å². The zero-order chi connectivity index (χ0) is 9.84. The number of thiocarbonyl (C=S) groups is 1. The fourth-order valence-corrected chi connectivity index (χ4v) is 0.911. The highest BCUT2D eigenvalue weighted by Gasteiger charge is 2.07. The molecule has 0 radical (unpaired) electrons. The summed E-state index contributed by atoms with van der Waals surface area (Å²) in [5.74, 6) is 0.434. The number of hydrogen-bond donors (Lipinski definition) is 0. The maximum Gasteiger partial charge on any atom is 0.299 e. The normalized spacial score (nSPS) is 9.38. The first-order valence-electron chi connectivity index (χ1n) is 3.27. The summed E-state index contributed by atoms with van der Waals surface area (Å²) in [7, 11) is 0. The molecule has 0 N–H and O–H groups in total. The Balaban J connectivity index is 2.70. The first-order valence-corrected chi connectivity index (χ1v) is 4.43. The molecule has 0 aromatic heterocycles. The molecule has 0 aliphatic rings. The Bertz CT molecular complexity index is 335. The van der Waals surface area contributed by atoms with Crippen molar-refractivity contribution in [1.82, 2.24) is 0 Å². The number of halogens is 2. The summed E-state index contributed by atoms with van der Waals surface area (Å²) in [4.78, 5) is 10.5. The van der Waals surface area contributed by atoms with Crippen LogP contribution in [0.25, 0.3) is 0 Å². The Morgan fingerprint density at radius 3 is 2.31 bits per heavy atom. The molecular weight excluding hydrogens is 231 g/mol. The second-order valence-corrected chi connectivity index (χ2v) is 3.27. The Labute approximate surface area is 90.4 Å². The van der Waals surface area contributed by atoms with Crippen LogP contribution in [0.5, 0.6) is 5.75 Å². The topological polar surface area (TPSA) is 26.3 Å². The predicted octanol–water partition coefficient (Wildman–Crippen LogP) is 2.81. The van der Waals surface area contributed by atoms with E-state index in [4.69, 9.17) is 27.9 Å². The van der Waals surface area contributed by atoms with Gasteiger partial charge < -0.3 is 4.74 Å². The van der Waals surface area contributed by atoms with E-state index in [-0.39, 0.29) is 5.05 Å². The van der Waals surface area contributed by atoms with E-state index in [0.29, 0.717) is 10.8 Å². The Kier molecular flexibility index (Phi) is 3.66. The first-order chi connectivity index (χ1) is 6.09. The van der Waals surface area contributed by atoms with Crippen molar-refractivity contribution in [2.24, 2.45) is 0 Å². The molecule has 0 fully saturated rings. The largest absolute Gasteiger partial charge is 0.441 e. The average Bonchev–Trinajstić information content (AvgIpc) is 2.08. The van der Waals surface area contributed by atoms with E-state index in [0.717, 1.165) is 0 Å². The minimum atomic E-state index is -0.787. The standard InChI is InChI=1S/C8H4Cl2O2S/c9-5-1-3-6(4-2-5)12-8(13)7(10)11/h1-4H. The minimum absolute atomic E-state index is 0.274. The summed E-state index contributed by atoms with van der Waals surface area (Å²) in [5, 5.41) is -0.482. The maximum atomic E-state index is 10.5. The molecule has 0 aliphatic carbocycles. The molecule has 0 bridgehead atoms. The highest BCUT2D eigenvalue weighted by atomic mass is 35.5. The highest BCUT2D eigenvalue weighted by Crippen LogP contribution is 2.16. The van der Waals surface area contributed by atoms with Crippen molar-refractivity contribution < 1.29 is 9.53 Å². The molecule has 0 unspecified atom stereocenters. The van der Waals surface area contributed by atoms with Gasteiger partial charge in [-0.2, -0.15) is 0 Å². The van der Waals surface area contributed by atoms with Crippen molar-refractivity contribution in [3.8, 4) is 5.75 Å². The van der Waals surface area contributed by atoms with E-state index >= 15 is 0 Å². The van der Waals surface area contributed by atoms with Gasteiger partial charge in [-0.25, -0.2) is 0 Å². The van der Waals surface area contributed by atoms with E-state index in [1.165, 1.54) is 0 Å². The van der Waals surface area contributed by atoms with Crippen LogP contribution in [0.1, 0.15) is 0 Å². The number of rotatable bonds is 2. The van der Waals surface area contributed by atoms with Crippen molar-refractivity contribution in [1.29, 1.82) is 0 Å². The Morgan fingerprint density at radius 2 is 1.85 bits per heavy atom. The fourth-order valence-electron chi connectivity index (χ4n) is 0.650. The van der Waals surface area contributed by atoms with Gasteiger partial charge in [0.15, 0.2) is 0 Å². The number of ether oxygens (including phenoxy) is 1. The van der Waals surface area contributed by atoms with Crippen LogP contribution in [-0.4, -0.2) is 10.3 Å². The van der Waals surface area contributed by atoms with E-state index in [1.54, 1.807) is 24.3 Å². The smallest absolute Gasteiger partial charge is 0.299 e. The second-order valence-electron chi connectivity index (χ2n) is 2.12. The van der Waals surface area contributed by atoms with Crippen LogP contribution in [-0.2, 0) is 4.79 Å². The zero-order valence-electron chi connectivity index (χ0n) is 6.29. The second kappa shape index (κ2) is 4.56. The lowest BCUT2D eigenvalue weighted by Crippen LogP contribution is -2.12. The van der Waals surface area contributed by atoms with Gasteiger partial charge in [0, 0.05) is 5.02 Å². The third-order valence-electron chi connectivity index (χ3n) is 1.18. The van der Waals surface area contributed by atoms with Gasteiger partial charge in [0.1, 0.15) is 5.75 Å². The Morgan fingerprint density at radius 1 is 1.31 bits per heavy atom. The number of hydrogen-bond acceptors (Lipinski definition) is 3. The van der Waals surface area contributed by atoms with Crippen LogP contribution < -0.4 is 4.74 Å². The SMILES string of the molecule is O=C(Cl)C(=S)Oc1ccc(Cl)cc1. The van der Waals surface area contributed by atoms with Crippen LogP contribution in [0.3, 0.4) is 0 Å². The molecule has 0 saturated heterocycles. The maximum absolute atomic E-state index is 10.5. The molecule has 1 aromatic carbocycles. The van der Waals surface area contributed by atoms with Gasteiger partial charge in [-0.15, -0.1) is 0 Å². The summed E-state index contributed by atoms with van der Waals surface area (Å²) in [6, 6.07) is 6.43. The Hall–Kier alpha value is -0.640. The van der Waals surface area contributed by atoms with Gasteiger partial charge >= 0.3 is 0 Å². The predicted molar refractivity (Wildman–Crippen MR) is 55.5 cm³/mol. The third-order valence-corrected chi connectivity index (χ3v) is 1.99. The van der Waals surface area contributed by atoms with E-state index < -0.39 is 5.24 Å². The quantitative estimate of drug-likeness (QED) is 0.582. The van der Waals surface area contributed by atoms with E-state index in [2.05, 4.69) is 12.2 Å². The van der Waals surface area contributed by atoms with Gasteiger partial charge in [-0.3, -0.25) is 4.79 Å².